The maximum atomic E-state index is 13.8. The zero-order chi connectivity index (χ0) is 31.4. The minimum absolute atomic E-state index is 0.0806. The summed E-state index contributed by atoms with van der Waals surface area (Å²) in [6.07, 6.45) is -3.81. The van der Waals surface area contributed by atoms with Gasteiger partial charge in [0, 0.05) is 0 Å². The first kappa shape index (κ1) is 32.4. The van der Waals surface area contributed by atoms with Gasteiger partial charge in [-0.1, -0.05) is 30.3 Å². The van der Waals surface area contributed by atoms with Crippen molar-refractivity contribution in [3.63, 3.8) is 0 Å². The number of hydrogen-bond acceptors (Lipinski definition) is 10. The lowest BCUT2D eigenvalue weighted by molar-refractivity contribution is -0.0907. The number of nitrogen functional groups attached to an aromatic ring is 1. The van der Waals surface area contributed by atoms with Crippen LogP contribution in [0.1, 0.15) is 32.8 Å². The Morgan fingerprint density at radius 2 is 1.88 bits per heavy atom. The summed E-state index contributed by atoms with van der Waals surface area (Å²) < 4.78 is 63.3. The van der Waals surface area contributed by atoms with Crippen LogP contribution in [0.2, 0.25) is 0 Å². The lowest BCUT2D eigenvalue weighted by Crippen LogP contribution is -2.55. The number of anilines is 1. The number of aliphatic hydroxyl groups is 1. The first-order chi connectivity index (χ1) is 20.2. The van der Waals surface area contributed by atoms with E-state index in [9.17, 15) is 27.5 Å². The number of amides is 2. The van der Waals surface area contributed by atoms with Crippen LogP contribution in [-0.4, -0.2) is 80.0 Å². The van der Waals surface area contributed by atoms with Crippen molar-refractivity contribution < 1.29 is 46.5 Å². The summed E-state index contributed by atoms with van der Waals surface area (Å²) in [5.41, 5.74) is 7.05. The molecule has 2 saturated heterocycles. The van der Waals surface area contributed by atoms with Crippen LogP contribution in [0.5, 0.6) is 0 Å². The number of aliphatic hydroxyl groups excluding tert-OH is 1. The number of benzene rings is 2. The molecule has 13 nitrogen and oxygen atoms in total. The molecule has 43 heavy (non-hydrogen) atoms. The predicted molar refractivity (Wildman–Crippen MR) is 151 cm³/mol. The highest BCUT2D eigenvalue weighted by molar-refractivity contribution is 7.89. The molecule has 5 atom stereocenters. The molecule has 0 bridgehead atoms. The Labute approximate surface area is 249 Å². The van der Waals surface area contributed by atoms with Crippen LogP contribution in [0.4, 0.5) is 19.7 Å². The molecule has 4 rings (SSSR count). The molecule has 15 heteroatoms. The van der Waals surface area contributed by atoms with E-state index in [0.717, 1.165) is 23.8 Å². The number of nitrogens with zero attached hydrogens (tertiary/aromatic N) is 1. The molecular weight excluding hydrogens is 587 g/mol. The summed E-state index contributed by atoms with van der Waals surface area (Å²) >= 11 is 0. The number of carbonyl (C=O) groups is 2. The molecule has 2 fully saturated rings. The normalized spacial score (nSPS) is 21.6. The van der Waals surface area contributed by atoms with Gasteiger partial charge in [0.1, 0.15) is 17.5 Å². The molecular formula is C28H37FN4O9S. The number of alkyl carbamates (subject to hydrolysis) is 1. The molecule has 5 N–H and O–H groups in total. The van der Waals surface area contributed by atoms with Gasteiger partial charge in [-0.15, -0.1) is 4.41 Å². The number of ether oxygens (including phenoxy) is 4. The number of nitrogens with one attached hydrogen (secondary N) is 2. The average molecular weight is 625 g/mol. The summed E-state index contributed by atoms with van der Waals surface area (Å²) in [6.45, 7) is 4.66. The molecule has 0 saturated carbocycles. The Balaban J connectivity index is 1.57. The third-order valence-corrected chi connectivity index (χ3v) is 8.50. The summed E-state index contributed by atoms with van der Waals surface area (Å²) in [4.78, 5) is 25.2. The number of sulfonamides is 1. The Morgan fingerprint density at radius 1 is 1.16 bits per heavy atom. The van der Waals surface area contributed by atoms with Crippen molar-refractivity contribution in [3.8, 4) is 0 Å². The smallest absolute Gasteiger partial charge is 0.423 e. The summed E-state index contributed by atoms with van der Waals surface area (Å²) in [5, 5.41) is 14.0. The first-order valence-corrected chi connectivity index (χ1v) is 15.2. The van der Waals surface area contributed by atoms with E-state index < -0.39 is 75.3 Å². The second kappa shape index (κ2) is 13.4. The van der Waals surface area contributed by atoms with Gasteiger partial charge in [0.15, 0.2) is 6.29 Å². The summed E-state index contributed by atoms with van der Waals surface area (Å²) in [7, 11) is -4.61. The van der Waals surface area contributed by atoms with Gasteiger partial charge < -0.3 is 35.1 Å². The molecule has 0 spiro atoms. The van der Waals surface area contributed by atoms with E-state index >= 15 is 0 Å². The molecule has 2 amide bonds. The Bertz CT molecular complexity index is 1390. The average Bonchev–Trinajstić information content (AvgIpc) is 3.54. The highest BCUT2D eigenvalue weighted by Crippen LogP contribution is 2.33. The summed E-state index contributed by atoms with van der Waals surface area (Å²) in [6, 6.07) is 10.5. The van der Waals surface area contributed by atoms with E-state index in [1.54, 1.807) is 51.1 Å². The number of hydrogen-bond donors (Lipinski definition) is 4. The third-order valence-electron chi connectivity index (χ3n) is 6.83. The molecule has 0 aliphatic carbocycles. The molecule has 2 aliphatic heterocycles. The largest absolute Gasteiger partial charge is 0.443 e. The van der Waals surface area contributed by atoms with Crippen molar-refractivity contribution >= 4 is 27.9 Å². The second-order valence-electron chi connectivity index (χ2n) is 11.3. The zero-order valence-corrected chi connectivity index (χ0v) is 24.9. The SMILES string of the molecule is CC(C)(C)OC(=O)NN(C[C@@H](O)[C@H](Cc1ccccc1)NC(=O)O[C@H]1CO[C@H]2OCCC21)S(=O)(=O)c1ccc(F)c(N)c1. The second-order valence-corrected chi connectivity index (χ2v) is 13.2. The van der Waals surface area contributed by atoms with E-state index in [1.807, 2.05) is 0 Å². The maximum absolute atomic E-state index is 13.8. The van der Waals surface area contributed by atoms with Gasteiger partial charge in [-0.25, -0.2) is 27.8 Å². The Hall–Kier alpha value is -3.50. The maximum Gasteiger partial charge on any atom is 0.423 e. The number of rotatable bonds is 10. The fourth-order valence-electron chi connectivity index (χ4n) is 4.73. The van der Waals surface area contributed by atoms with Gasteiger partial charge in [0.05, 0.1) is 48.4 Å². The lowest BCUT2D eigenvalue weighted by Gasteiger charge is -2.30. The van der Waals surface area contributed by atoms with Crippen molar-refractivity contribution in [1.29, 1.82) is 0 Å². The highest BCUT2D eigenvalue weighted by Gasteiger charge is 2.44. The van der Waals surface area contributed by atoms with Gasteiger partial charge in [-0.05, 0) is 57.4 Å². The highest BCUT2D eigenvalue weighted by atomic mass is 32.2. The minimum atomic E-state index is -4.61. The van der Waals surface area contributed by atoms with Crippen LogP contribution >= 0.6 is 0 Å². The van der Waals surface area contributed by atoms with Crippen molar-refractivity contribution in [1.82, 2.24) is 15.2 Å². The molecule has 0 radical (unpaired) electrons. The minimum Gasteiger partial charge on any atom is -0.443 e. The van der Waals surface area contributed by atoms with Crippen molar-refractivity contribution in [2.75, 3.05) is 25.5 Å². The molecule has 2 aromatic rings. The van der Waals surface area contributed by atoms with Crippen LogP contribution in [0, 0.1) is 11.7 Å². The molecule has 2 aliphatic rings. The lowest BCUT2D eigenvalue weighted by atomic mass is 10.0. The number of carbonyl (C=O) groups excluding carboxylic acids is 2. The number of fused-ring (bicyclic) bond motifs is 1. The predicted octanol–water partition coefficient (Wildman–Crippen LogP) is 2.30. The van der Waals surface area contributed by atoms with E-state index in [4.69, 9.17) is 24.7 Å². The van der Waals surface area contributed by atoms with E-state index in [0.29, 0.717) is 17.4 Å². The Kier molecular flexibility index (Phi) is 10.1. The number of hydrazine groups is 1. The molecule has 2 aromatic carbocycles. The van der Waals surface area contributed by atoms with Gasteiger partial charge in [0.2, 0.25) is 0 Å². The van der Waals surface area contributed by atoms with Gasteiger partial charge in [-0.2, -0.15) is 0 Å². The molecule has 1 unspecified atom stereocenters. The quantitative estimate of drug-likeness (QED) is 0.226. The van der Waals surface area contributed by atoms with E-state index in [-0.39, 0.29) is 18.9 Å². The third kappa shape index (κ3) is 8.54. The fourth-order valence-corrected chi connectivity index (χ4v) is 6.05. The molecule has 236 valence electrons. The van der Waals surface area contributed by atoms with E-state index in [1.165, 1.54) is 0 Å². The van der Waals surface area contributed by atoms with Crippen molar-refractivity contribution in [2.45, 2.75) is 68.6 Å². The monoisotopic (exact) mass is 624 g/mol. The van der Waals surface area contributed by atoms with E-state index in [2.05, 4.69) is 10.7 Å². The molecule has 0 aromatic heterocycles. The topological polar surface area (TPSA) is 179 Å². The van der Waals surface area contributed by atoms with Crippen LogP contribution in [0.3, 0.4) is 0 Å². The first-order valence-electron chi connectivity index (χ1n) is 13.7. The summed E-state index contributed by atoms with van der Waals surface area (Å²) in [5.74, 6) is -0.954. The Morgan fingerprint density at radius 3 is 2.56 bits per heavy atom. The van der Waals surface area contributed by atoms with Gasteiger partial charge >= 0.3 is 12.2 Å². The van der Waals surface area contributed by atoms with Crippen LogP contribution < -0.4 is 16.5 Å². The van der Waals surface area contributed by atoms with Crippen molar-refractivity contribution in [3.05, 3.63) is 59.9 Å². The standard InChI is InChI=1S/C28H37FN4O9S/c1-28(2,3)42-27(36)32-33(43(37,38)18-9-10-20(29)21(30)14-18)15-23(34)22(13-17-7-5-4-6-8-17)31-26(35)41-24-16-40-25-19(24)11-12-39-25/h4-10,14,19,22-25,34H,11-13,15-16,30H2,1-3H3,(H,31,35)(H,32,36)/t19?,22-,23+,24-,25+/m0/s1. The van der Waals surface area contributed by atoms with Crippen LogP contribution in [-0.2, 0) is 35.4 Å². The fraction of sp³-hybridized carbons (Fsp3) is 0.500. The van der Waals surface area contributed by atoms with Gasteiger partial charge in [-0.3, -0.25) is 0 Å². The zero-order valence-electron chi connectivity index (χ0n) is 24.1. The molecule has 2 heterocycles. The number of halogens is 1. The van der Waals surface area contributed by atoms with Crippen LogP contribution in [0.15, 0.2) is 53.4 Å². The van der Waals surface area contributed by atoms with Crippen LogP contribution in [0.25, 0.3) is 0 Å². The van der Waals surface area contributed by atoms with Gasteiger partial charge in [0.25, 0.3) is 10.0 Å². The number of nitrogens with two attached hydrogens (primary N) is 1. The van der Waals surface area contributed by atoms with Crippen molar-refractivity contribution in [2.24, 2.45) is 5.92 Å².